The lowest BCUT2D eigenvalue weighted by Crippen LogP contribution is -2.36. The zero-order valence-corrected chi connectivity index (χ0v) is 14.2. The van der Waals surface area contributed by atoms with Crippen molar-refractivity contribution in [3.05, 3.63) is 44.8 Å². The van der Waals surface area contributed by atoms with Crippen LogP contribution in [0.5, 0.6) is 0 Å². The summed E-state index contributed by atoms with van der Waals surface area (Å²) in [5.41, 5.74) is 0. The zero-order valence-electron chi connectivity index (χ0n) is 11.7. The SMILES string of the molecule is CSC1CCC(NC(c2cccs2)c2cccs2)CC1. The Morgan fingerprint density at radius 1 is 1.05 bits per heavy atom. The van der Waals surface area contributed by atoms with Gasteiger partial charge in [0.1, 0.15) is 0 Å². The molecule has 0 aromatic carbocycles. The average Bonchev–Trinajstić information content (AvgIpc) is 3.19. The van der Waals surface area contributed by atoms with Crippen LogP contribution in [0, 0.1) is 0 Å². The van der Waals surface area contributed by atoms with Crippen LogP contribution in [0.3, 0.4) is 0 Å². The second-order valence-electron chi connectivity index (χ2n) is 5.34. The summed E-state index contributed by atoms with van der Waals surface area (Å²) < 4.78 is 0. The van der Waals surface area contributed by atoms with Crippen molar-refractivity contribution in [2.75, 3.05) is 6.26 Å². The van der Waals surface area contributed by atoms with Gasteiger partial charge in [0.25, 0.3) is 0 Å². The Morgan fingerprint density at radius 2 is 1.65 bits per heavy atom. The van der Waals surface area contributed by atoms with E-state index < -0.39 is 0 Å². The van der Waals surface area contributed by atoms with E-state index in [9.17, 15) is 0 Å². The van der Waals surface area contributed by atoms with Gasteiger partial charge >= 0.3 is 0 Å². The number of thiophene rings is 2. The Bertz CT molecular complexity index is 450. The molecular formula is C16H21NS3. The molecule has 1 nitrogen and oxygen atoms in total. The highest BCUT2D eigenvalue weighted by Gasteiger charge is 2.25. The molecule has 3 rings (SSSR count). The van der Waals surface area contributed by atoms with Gasteiger partial charge in [-0.25, -0.2) is 0 Å². The summed E-state index contributed by atoms with van der Waals surface area (Å²) in [4.78, 5) is 2.89. The van der Waals surface area contributed by atoms with Gasteiger partial charge in [0.15, 0.2) is 0 Å². The van der Waals surface area contributed by atoms with Gasteiger partial charge in [-0.2, -0.15) is 11.8 Å². The normalized spacial score (nSPS) is 23.3. The minimum absolute atomic E-state index is 0.394. The number of hydrogen-bond donors (Lipinski definition) is 1. The minimum atomic E-state index is 0.394. The Morgan fingerprint density at radius 3 is 2.10 bits per heavy atom. The summed E-state index contributed by atoms with van der Waals surface area (Å²) >= 11 is 5.76. The number of rotatable bonds is 5. The standard InChI is InChI=1S/C16H21NS3/c1-18-13-8-6-12(7-9-13)17-16(14-4-2-10-19-14)15-5-3-11-20-15/h2-5,10-13,16-17H,6-9H2,1H3. The molecule has 20 heavy (non-hydrogen) atoms. The first-order chi connectivity index (χ1) is 9.86. The fourth-order valence-electron chi connectivity index (χ4n) is 2.92. The van der Waals surface area contributed by atoms with Crippen LogP contribution in [-0.2, 0) is 0 Å². The molecule has 1 aliphatic rings. The second kappa shape index (κ2) is 7.12. The van der Waals surface area contributed by atoms with Crippen molar-refractivity contribution in [1.29, 1.82) is 0 Å². The Hall–Kier alpha value is -0.290. The smallest absolute Gasteiger partial charge is 0.0766 e. The average molecular weight is 324 g/mol. The largest absolute Gasteiger partial charge is 0.302 e. The van der Waals surface area contributed by atoms with Crippen molar-refractivity contribution >= 4 is 34.4 Å². The summed E-state index contributed by atoms with van der Waals surface area (Å²) in [5, 5.41) is 9.17. The molecule has 0 radical (unpaired) electrons. The highest BCUT2D eigenvalue weighted by molar-refractivity contribution is 7.99. The number of thioether (sulfide) groups is 1. The van der Waals surface area contributed by atoms with E-state index in [1.807, 2.05) is 34.4 Å². The molecule has 1 N–H and O–H groups in total. The highest BCUT2D eigenvalue weighted by Crippen LogP contribution is 2.33. The molecule has 0 unspecified atom stereocenters. The lowest BCUT2D eigenvalue weighted by molar-refractivity contribution is 0.363. The van der Waals surface area contributed by atoms with Crippen molar-refractivity contribution in [3.63, 3.8) is 0 Å². The van der Waals surface area contributed by atoms with Gasteiger partial charge in [0, 0.05) is 21.0 Å². The minimum Gasteiger partial charge on any atom is -0.302 e. The van der Waals surface area contributed by atoms with Crippen molar-refractivity contribution < 1.29 is 0 Å². The van der Waals surface area contributed by atoms with Crippen LogP contribution < -0.4 is 5.32 Å². The summed E-state index contributed by atoms with van der Waals surface area (Å²) in [6.07, 6.45) is 7.61. The van der Waals surface area contributed by atoms with E-state index in [0.717, 1.165) is 5.25 Å². The van der Waals surface area contributed by atoms with Crippen LogP contribution in [-0.4, -0.2) is 17.5 Å². The third kappa shape index (κ3) is 3.48. The van der Waals surface area contributed by atoms with E-state index in [4.69, 9.17) is 0 Å². The quantitative estimate of drug-likeness (QED) is 0.815. The van der Waals surface area contributed by atoms with Crippen LogP contribution in [0.25, 0.3) is 0 Å². The molecule has 0 bridgehead atoms. The fourth-order valence-corrected chi connectivity index (χ4v) is 5.34. The van der Waals surface area contributed by atoms with Gasteiger partial charge in [-0.15, -0.1) is 22.7 Å². The van der Waals surface area contributed by atoms with E-state index in [2.05, 4.69) is 46.6 Å². The van der Waals surface area contributed by atoms with Crippen molar-refractivity contribution in [3.8, 4) is 0 Å². The summed E-state index contributed by atoms with van der Waals surface area (Å²) in [7, 11) is 0. The first-order valence-corrected chi connectivity index (χ1v) is 10.3. The molecule has 2 heterocycles. The van der Waals surface area contributed by atoms with Crippen LogP contribution in [0.15, 0.2) is 35.0 Å². The van der Waals surface area contributed by atoms with E-state index in [1.54, 1.807) is 0 Å². The Labute approximate surface area is 133 Å². The third-order valence-electron chi connectivity index (χ3n) is 4.07. The molecule has 1 saturated carbocycles. The molecular weight excluding hydrogens is 302 g/mol. The highest BCUT2D eigenvalue weighted by atomic mass is 32.2. The summed E-state index contributed by atoms with van der Waals surface area (Å²) in [6, 6.07) is 9.91. The first-order valence-electron chi connectivity index (χ1n) is 7.22. The summed E-state index contributed by atoms with van der Waals surface area (Å²) in [6.45, 7) is 0. The topological polar surface area (TPSA) is 12.0 Å². The van der Waals surface area contributed by atoms with E-state index >= 15 is 0 Å². The fraction of sp³-hybridized carbons (Fsp3) is 0.500. The summed E-state index contributed by atoms with van der Waals surface area (Å²) in [5.74, 6) is 0. The zero-order chi connectivity index (χ0) is 13.8. The van der Waals surface area contributed by atoms with Crippen molar-refractivity contribution in [2.24, 2.45) is 0 Å². The van der Waals surface area contributed by atoms with Gasteiger partial charge in [0.2, 0.25) is 0 Å². The van der Waals surface area contributed by atoms with Gasteiger partial charge in [-0.3, -0.25) is 0 Å². The molecule has 0 atom stereocenters. The second-order valence-corrected chi connectivity index (χ2v) is 8.44. The maximum Gasteiger partial charge on any atom is 0.0766 e. The molecule has 4 heteroatoms. The van der Waals surface area contributed by atoms with Crippen molar-refractivity contribution in [1.82, 2.24) is 5.32 Å². The predicted molar refractivity (Wildman–Crippen MR) is 93.2 cm³/mol. The molecule has 0 aliphatic heterocycles. The van der Waals surface area contributed by atoms with Crippen LogP contribution in [0.2, 0.25) is 0 Å². The van der Waals surface area contributed by atoms with E-state index in [1.165, 1.54) is 35.4 Å². The lowest BCUT2D eigenvalue weighted by Gasteiger charge is -2.31. The maximum absolute atomic E-state index is 3.92. The van der Waals surface area contributed by atoms with Gasteiger partial charge in [-0.05, 0) is 54.8 Å². The van der Waals surface area contributed by atoms with Crippen LogP contribution in [0.4, 0.5) is 0 Å². The predicted octanol–water partition coefficient (Wildman–Crippen LogP) is 5.16. The van der Waals surface area contributed by atoms with Gasteiger partial charge < -0.3 is 5.32 Å². The van der Waals surface area contributed by atoms with Crippen LogP contribution in [0.1, 0.15) is 41.5 Å². The Kier molecular flexibility index (Phi) is 5.21. The molecule has 2 aromatic rings. The lowest BCUT2D eigenvalue weighted by atomic mass is 9.94. The molecule has 1 aliphatic carbocycles. The van der Waals surface area contributed by atoms with E-state index in [0.29, 0.717) is 12.1 Å². The number of nitrogens with one attached hydrogen (secondary N) is 1. The molecule has 1 fully saturated rings. The molecule has 0 amide bonds. The monoisotopic (exact) mass is 323 g/mol. The molecule has 2 aromatic heterocycles. The van der Waals surface area contributed by atoms with Gasteiger partial charge in [-0.1, -0.05) is 12.1 Å². The first kappa shape index (κ1) is 14.6. The van der Waals surface area contributed by atoms with E-state index in [-0.39, 0.29) is 0 Å². The van der Waals surface area contributed by atoms with Crippen LogP contribution >= 0.6 is 34.4 Å². The molecule has 108 valence electrons. The number of hydrogen-bond acceptors (Lipinski definition) is 4. The van der Waals surface area contributed by atoms with Crippen molar-refractivity contribution in [2.45, 2.75) is 43.0 Å². The molecule has 0 saturated heterocycles. The maximum atomic E-state index is 3.92. The third-order valence-corrected chi connectivity index (χ3v) is 7.08. The Balaban J connectivity index is 1.69. The molecule has 0 spiro atoms. The van der Waals surface area contributed by atoms with Gasteiger partial charge in [0.05, 0.1) is 6.04 Å².